The molecule has 5 heteroatoms. The summed E-state index contributed by atoms with van der Waals surface area (Å²) in [5.74, 6) is 0.191. The maximum atomic E-state index is 12.5. The van der Waals surface area contributed by atoms with E-state index < -0.39 is 12.1 Å². The average Bonchev–Trinajstić information content (AvgIpc) is 3.00. The van der Waals surface area contributed by atoms with Crippen molar-refractivity contribution in [3.05, 3.63) is 48.0 Å². The Morgan fingerprint density at radius 3 is 2.39 bits per heavy atom. The van der Waals surface area contributed by atoms with Crippen molar-refractivity contribution in [3.63, 3.8) is 0 Å². The zero-order chi connectivity index (χ0) is 19.9. The first-order chi connectivity index (χ1) is 13.6. The highest BCUT2D eigenvalue weighted by atomic mass is 16.5. The normalized spacial score (nSPS) is 16.0. The third-order valence-electron chi connectivity index (χ3n) is 5.04. The van der Waals surface area contributed by atoms with Crippen molar-refractivity contribution in [2.24, 2.45) is 0 Å². The Balaban J connectivity index is 1.59. The maximum absolute atomic E-state index is 12.5. The topological polar surface area (TPSA) is 55.8 Å². The number of carbonyl (C=O) groups excluding carboxylic acids is 2. The van der Waals surface area contributed by atoms with Gasteiger partial charge >= 0.3 is 5.97 Å². The summed E-state index contributed by atoms with van der Waals surface area (Å²) in [6.45, 7) is 3.14. The molecule has 1 aliphatic heterocycles. The Morgan fingerprint density at radius 1 is 1.00 bits per heavy atom. The van der Waals surface area contributed by atoms with Crippen molar-refractivity contribution in [3.8, 4) is 5.75 Å². The van der Waals surface area contributed by atoms with Crippen LogP contribution >= 0.6 is 0 Å². The molecule has 148 valence electrons. The predicted molar refractivity (Wildman–Crippen MR) is 110 cm³/mol. The molecule has 3 rings (SSSR count). The van der Waals surface area contributed by atoms with Gasteiger partial charge in [0.2, 0.25) is 0 Å². The van der Waals surface area contributed by atoms with Crippen LogP contribution in [0.3, 0.4) is 0 Å². The quantitative estimate of drug-likeness (QED) is 0.575. The van der Waals surface area contributed by atoms with E-state index in [2.05, 4.69) is 0 Å². The number of methoxy groups -OCH3 is 1. The van der Waals surface area contributed by atoms with Gasteiger partial charge in [0.05, 0.1) is 7.11 Å². The van der Waals surface area contributed by atoms with Crippen LogP contribution in [0.2, 0.25) is 0 Å². The number of carbonyl (C=O) groups is 2. The third kappa shape index (κ3) is 5.12. The molecule has 1 fully saturated rings. The molecule has 0 aliphatic carbocycles. The summed E-state index contributed by atoms with van der Waals surface area (Å²) >= 11 is 0. The van der Waals surface area contributed by atoms with Crippen molar-refractivity contribution < 1.29 is 19.1 Å². The maximum Gasteiger partial charge on any atom is 0.331 e. The van der Waals surface area contributed by atoms with Gasteiger partial charge in [-0.2, -0.15) is 0 Å². The van der Waals surface area contributed by atoms with Gasteiger partial charge in [0.25, 0.3) is 5.91 Å². The molecule has 0 N–H and O–H groups in total. The van der Waals surface area contributed by atoms with Crippen LogP contribution in [0, 0.1) is 0 Å². The van der Waals surface area contributed by atoms with Crippen LogP contribution in [0.4, 0.5) is 0 Å². The number of hydrogen-bond donors (Lipinski definition) is 0. The lowest BCUT2D eigenvalue weighted by Gasteiger charge is -2.23. The highest BCUT2D eigenvalue weighted by Crippen LogP contribution is 2.22. The smallest absolute Gasteiger partial charge is 0.331 e. The molecule has 28 heavy (non-hydrogen) atoms. The number of nitrogens with zero attached hydrogens (tertiary/aromatic N) is 1. The van der Waals surface area contributed by atoms with Crippen molar-refractivity contribution in [2.45, 2.75) is 38.7 Å². The minimum atomic E-state index is -0.765. The van der Waals surface area contributed by atoms with Gasteiger partial charge in [-0.25, -0.2) is 4.79 Å². The van der Waals surface area contributed by atoms with Crippen molar-refractivity contribution in [1.82, 2.24) is 4.90 Å². The van der Waals surface area contributed by atoms with E-state index in [-0.39, 0.29) is 5.91 Å². The summed E-state index contributed by atoms with van der Waals surface area (Å²) in [4.78, 5) is 26.4. The minimum Gasteiger partial charge on any atom is -0.497 e. The van der Waals surface area contributed by atoms with Gasteiger partial charge in [-0.05, 0) is 60.4 Å². The van der Waals surface area contributed by atoms with Gasteiger partial charge < -0.3 is 14.4 Å². The van der Waals surface area contributed by atoms with Crippen LogP contribution < -0.4 is 4.74 Å². The van der Waals surface area contributed by atoms with Crippen LogP contribution in [0.5, 0.6) is 5.75 Å². The zero-order valence-corrected chi connectivity index (χ0v) is 16.5. The van der Waals surface area contributed by atoms with Gasteiger partial charge in [0, 0.05) is 19.2 Å². The summed E-state index contributed by atoms with van der Waals surface area (Å²) in [5, 5.41) is 2.12. The lowest BCUT2D eigenvalue weighted by molar-refractivity contribution is -0.155. The van der Waals surface area contributed by atoms with Crippen molar-refractivity contribution in [1.29, 1.82) is 0 Å². The molecule has 5 nitrogen and oxygen atoms in total. The van der Waals surface area contributed by atoms with Crippen LogP contribution in [-0.4, -0.2) is 43.1 Å². The summed E-state index contributed by atoms with van der Waals surface area (Å²) < 4.78 is 10.5. The van der Waals surface area contributed by atoms with Gasteiger partial charge in [0.15, 0.2) is 6.10 Å². The molecule has 1 aliphatic rings. The Labute approximate surface area is 165 Å². The first-order valence-corrected chi connectivity index (χ1v) is 9.82. The van der Waals surface area contributed by atoms with Crippen LogP contribution in [-0.2, 0) is 14.3 Å². The monoisotopic (exact) mass is 381 g/mol. The number of esters is 1. The molecule has 2 aromatic carbocycles. The number of hydrogen-bond acceptors (Lipinski definition) is 4. The largest absolute Gasteiger partial charge is 0.497 e. The Morgan fingerprint density at radius 2 is 1.68 bits per heavy atom. The second kappa shape index (κ2) is 9.40. The molecule has 0 spiro atoms. The number of ether oxygens (including phenoxy) is 2. The van der Waals surface area contributed by atoms with Crippen LogP contribution in [0.1, 0.15) is 38.2 Å². The molecule has 1 saturated heterocycles. The second-order valence-corrected chi connectivity index (χ2v) is 7.12. The average molecular weight is 381 g/mol. The highest BCUT2D eigenvalue weighted by molar-refractivity contribution is 5.92. The van der Waals surface area contributed by atoms with Crippen molar-refractivity contribution >= 4 is 28.7 Å². The van der Waals surface area contributed by atoms with Crippen molar-refractivity contribution in [2.75, 3.05) is 20.2 Å². The fraction of sp³-hybridized carbons (Fsp3) is 0.391. The summed E-state index contributed by atoms with van der Waals surface area (Å²) in [7, 11) is 1.64. The molecule has 1 atom stereocenters. The molecule has 0 unspecified atom stereocenters. The lowest BCUT2D eigenvalue weighted by atomic mass is 10.1. The number of amides is 1. The number of fused-ring (bicyclic) bond motifs is 1. The molecular weight excluding hydrogens is 354 g/mol. The molecule has 0 saturated carbocycles. The van der Waals surface area contributed by atoms with Gasteiger partial charge in [-0.1, -0.05) is 31.0 Å². The van der Waals surface area contributed by atoms with E-state index in [0.717, 1.165) is 60.9 Å². The van der Waals surface area contributed by atoms with E-state index in [0.29, 0.717) is 0 Å². The van der Waals surface area contributed by atoms with Crippen LogP contribution in [0.25, 0.3) is 16.8 Å². The van der Waals surface area contributed by atoms with E-state index in [9.17, 15) is 9.59 Å². The molecule has 2 aromatic rings. The zero-order valence-electron chi connectivity index (χ0n) is 16.5. The first-order valence-electron chi connectivity index (χ1n) is 9.82. The molecule has 0 radical (unpaired) electrons. The number of likely N-dealkylation sites (tertiary alicyclic amines) is 1. The highest BCUT2D eigenvalue weighted by Gasteiger charge is 2.23. The lowest BCUT2D eigenvalue weighted by Crippen LogP contribution is -2.40. The Kier molecular flexibility index (Phi) is 6.69. The third-order valence-corrected chi connectivity index (χ3v) is 5.04. The molecule has 0 aromatic heterocycles. The van der Waals surface area contributed by atoms with Crippen LogP contribution in [0.15, 0.2) is 42.5 Å². The van der Waals surface area contributed by atoms with Gasteiger partial charge in [-0.15, -0.1) is 0 Å². The standard InChI is InChI=1S/C23H27NO4/c1-17(23(26)24-13-5-3-4-6-14-24)28-22(25)12-8-18-7-9-20-16-21(27-2)11-10-19(20)15-18/h7-12,15-17H,3-6,13-14H2,1-2H3/b12-8+/t17-/m0/s1. The first kappa shape index (κ1) is 19.9. The Bertz CT molecular complexity index is 866. The van der Waals surface area contributed by atoms with E-state index in [1.54, 1.807) is 20.1 Å². The molecule has 0 bridgehead atoms. The minimum absolute atomic E-state index is 0.108. The molecule has 1 heterocycles. The van der Waals surface area contributed by atoms with E-state index in [4.69, 9.17) is 9.47 Å². The fourth-order valence-electron chi connectivity index (χ4n) is 3.45. The SMILES string of the molecule is COc1ccc2cc(/C=C/C(=O)O[C@@H](C)C(=O)N3CCCCCC3)ccc2c1. The predicted octanol–water partition coefficient (Wildman–Crippen LogP) is 4.20. The fourth-order valence-corrected chi connectivity index (χ4v) is 3.45. The summed E-state index contributed by atoms with van der Waals surface area (Å²) in [6, 6.07) is 11.7. The van der Waals surface area contributed by atoms with E-state index in [1.807, 2.05) is 41.3 Å². The summed E-state index contributed by atoms with van der Waals surface area (Å²) in [5.41, 5.74) is 0.890. The van der Waals surface area contributed by atoms with E-state index >= 15 is 0 Å². The molecule has 1 amide bonds. The number of benzene rings is 2. The summed E-state index contributed by atoms with van der Waals surface area (Å²) in [6.07, 6.45) is 6.64. The second-order valence-electron chi connectivity index (χ2n) is 7.12. The number of rotatable bonds is 5. The van der Waals surface area contributed by atoms with Gasteiger partial charge in [0.1, 0.15) is 5.75 Å². The molecular formula is C23H27NO4. The Hall–Kier alpha value is -2.82. The van der Waals surface area contributed by atoms with E-state index in [1.165, 1.54) is 6.08 Å². The van der Waals surface area contributed by atoms with Gasteiger partial charge in [-0.3, -0.25) is 4.79 Å².